The molecule has 0 bridgehead atoms. The molecule has 2 aromatic carbocycles. The average molecular weight is 434 g/mol. The fourth-order valence-electron chi connectivity index (χ4n) is 4.05. The predicted molar refractivity (Wildman–Crippen MR) is 130 cm³/mol. The number of piperidine rings is 1. The molecular weight excluding hydrogens is 402 g/mol. The first kappa shape index (κ1) is 21.6. The molecule has 2 heterocycles. The first-order chi connectivity index (χ1) is 15.1. The Kier molecular flexibility index (Phi) is 7.03. The molecule has 5 heteroatoms. The van der Waals surface area contributed by atoms with Gasteiger partial charge in [-0.25, -0.2) is 4.98 Å². The second kappa shape index (κ2) is 10.1. The van der Waals surface area contributed by atoms with Crippen molar-refractivity contribution < 1.29 is 4.74 Å². The van der Waals surface area contributed by atoms with Gasteiger partial charge in [-0.1, -0.05) is 42.5 Å². The third-order valence-electron chi connectivity index (χ3n) is 5.96. The van der Waals surface area contributed by atoms with Crippen LogP contribution in [0.4, 0.5) is 5.69 Å². The molecule has 0 unspecified atom stereocenters. The minimum absolute atomic E-state index is 0.533. The summed E-state index contributed by atoms with van der Waals surface area (Å²) in [6, 6.07) is 17.7. The number of likely N-dealkylation sites (tertiary alicyclic amines) is 1. The second-order valence-electron chi connectivity index (χ2n) is 8.31. The lowest BCUT2D eigenvalue weighted by Crippen LogP contribution is -2.38. The van der Waals surface area contributed by atoms with Crippen LogP contribution in [0.25, 0.3) is 0 Å². The highest BCUT2D eigenvalue weighted by Crippen LogP contribution is 2.31. The van der Waals surface area contributed by atoms with Crippen LogP contribution in [0.15, 0.2) is 58.9 Å². The highest BCUT2D eigenvalue weighted by molar-refractivity contribution is 7.09. The van der Waals surface area contributed by atoms with E-state index in [-0.39, 0.29) is 0 Å². The van der Waals surface area contributed by atoms with Gasteiger partial charge < -0.3 is 9.64 Å². The summed E-state index contributed by atoms with van der Waals surface area (Å²) in [7, 11) is 1.72. The van der Waals surface area contributed by atoms with Crippen molar-refractivity contribution in [3.05, 3.63) is 81.3 Å². The molecule has 1 fully saturated rings. The number of methoxy groups -OCH3 is 1. The summed E-state index contributed by atoms with van der Waals surface area (Å²) in [4.78, 5) is 12.1. The minimum Gasteiger partial charge on any atom is -0.468 e. The van der Waals surface area contributed by atoms with Crippen LogP contribution in [0.1, 0.15) is 46.2 Å². The number of nitrogens with zero attached hydrogens (tertiary/aromatic N) is 3. The smallest absolute Gasteiger partial charge is 0.292 e. The Labute approximate surface area is 189 Å². The normalized spacial score (nSPS) is 15.3. The molecule has 0 radical (unpaired) electrons. The van der Waals surface area contributed by atoms with Gasteiger partial charge in [0.05, 0.1) is 23.5 Å². The van der Waals surface area contributed by atoms with Crippen LogP contribution in [0, 0.1) is 13.8 Å². The number of hydrogen-bond acceptors (Lipinski definition) is 4. The Morgan fingerprint density at radius 1 is 1.10 bits per heavy atom. The van der Waals surface area contributed by atoms with Crippen molar-refractivity contribution in [2.24, 2.45) is 4.99 Å². The van der Waals surface area contributed by atoms with Crippen LogP contribution >= 0.6 is 11.3 Å². The van der Waals surface area contributed by atoms with Crippen LogP contribution in [0.5, 0.6) is 0 Å². The summed E-state index contributed by atoms with van der Waals surface area (Å²) in [5.41, 5.74) is 5.97. The number of hydrogen-bond donors (Lipinski definition) is 0. The van der Waals surface area contributed by atoms with Gasteiger partial charge in [0.15, 0.2) is 0 Å². The molecule has 0 amide bonds. The van der Waals surface area contributed by atoms with Crippen molar-refractivity contribution in [1.82, 2.24) is 9.88 Å². The molecule has 3 aromatic rings. The first-order valence-corrected chi connectivity index (χ1v) is 11.9. The lowest BCUT2D eigenvalue weighted by molar-refractivity contribution is 0.239. The van der Waals surface area contributed by atoms with Gasteiger partial charge in [0.1, 0.15) is 0 Å². The van der Waals surface area contributed by atoms with E-state index in [9.17, 15) is 0 Å². The maximum atomic E-state index is 5.67. The van der Waals surface area contributed by atoms with Gasteiger partial charge in [0.25, 0.3) is 6.02 Å². The van der Waals surface area contributed by atoms with Crippen LogP contribution in [-0.2, 0) is 17.6 Å². The highest BCUT2D eigenvalue weighted by Gasteiger charge is 2.25. The van der Waals surface area contributed by atoms with E-state index >= 15 is 0 Å². The van der Waals surface area contributed by atoms with Gasteiger partial charge in [0.2, 0.25) is 0 Å². The lowest BCUT2D eigenvalue weighted by Gasteiger charge is -2.32. The van der Waals surface area contributed by atoms with Gasteiger partial charge in [-0.2, -0.15) is 4.99 Å². The molecule has 0 aliphatic carbocycles. The van der Waals surface area contributed by atoms with E-state index in [1.165, 1.54) is 27.4 Å². The third-order valence-corrected chi connectivity index (χ3v) is 7.02. The predicted octanol–water partition coefficient (Wildman–Crippen LogP) is 6.06. The van der Waals surface area contributed by atoms with Crippen LogP contribution < -0.4 is 0 Å². The monoisotopic (exact) mass is 433 g/mol. The zero-order chi connectivity index (χ0) is 21.6. The first-order valence-electron chi connectivity index (χ1n) is 11.1. The molecule has 1 aromatic heterocycles. The number of aryl methyl sites for hydroxylation is 4. The largest absolute Gasteiger partial charge is 0.468 e. The maximum Gasteiger partial charge on any atom is 0.292 e. The molecule has 31 heavy (non-hydrogen) atoms. The van der Waals surface area contributed by atoms with Crippen LogP contribution in [0.3, 0.4) is 0 Å². The summed E-state index contributed by atoms with van der Waals surface area (Å²) in [6.45, 7) is 6.08. The number of thiazole rings is 1. The summed E-state index contributed by atoms with van der Waals surface area (Å²) < 4.78 is 5.67. The number of benzene rings is 2. The summed E-state index contributed by atoms with van der Waals surface area (Å²) in [5.74, 6) is 0.533. The van der Waals surface area contributed by atoms with E-state index in [2.05, 4.69) is 72.7 Å². The molecule has 4 rings (SSSR count). The maximum absolute atomic E-state index is 5.67. The SMILES string of the molecule is CO/C(=N\c1cc(C)ccc1C)N1CCC(c2nc(CCc3ccccc3)cs2)CC1. The Morgan fingerprint density at radius 3 is 2.61 bits per heavy atom. The van der Waals surface area contributed by atoms with E-state index < -0.39 is 0 Å². The molecule has 4 nitrogen and oxygen atoms in total. The highest BCUT2D eigenvalue weighted by atomic mass is 32.1. The van der Waals surface area contributed by atoms with E-state index in [1.807, 2.05) is 11.3 Å². The Hall–Kier alpha value is -2.66. The molecule has 1 aliphatic heterocycles. The molecule has 1 aliphatic rings. The van der Waals surface area contributed by atoms with Gasteiger partial charge in [0, 0.05) is 24.4 Å². The number of rotatable bonds is 5. The lowest BCUT2D eigenvalue weighted by atomic mass is 9.98. The molecule has 1 saturated heterocycles. The average Bonchev–Trinajstić information content (AvgIpc) is 3.28. The van der Waals surface area contributed by atoms with Crippen LogP contribution in [0.2, 0.25) is 0 Å². The second-order valence-corrected chi connectivity index (χ2v) is 9.20. The van der Waals surface area contributed by atoms with Gasteiger partial charge in [-0.05, 0) is 62.3 Å². The fraction of sp³-hybridized carbons (Fsp3) is 0.385. The number of amidine groups is 1. The minimum atomic E-state index is 0.533. The van der Waals surface area contributed by atoms with Crippen molar-refractivity contribution in [3.63, 3.8) is 0 Å². The fourth-order valence-corrected chi connectivity index (χ4v) is 5.07. The third kappa shape index (κ3) is 5.53. The van der Waals surface area contributed by atoms with E-state index in [1.54, 1.807) is 7.11 Å². The van der Waals surface area contributed by atoms with Crippen molar-refractivity contribution in [2.45, 2.75) is 45.4 Å². The van der Waals surface area contributed by atoms with Gasteiger partial charge in [-0.3, -0.25) is 0 Å². The molecule has 0 saturated carbocycles. The van der Waals surface area contributed by atoms with E-state index in [0.29, 0.717) is 5.92 Å². The quantitative estimate of drug-likeness (QED) is 0.363. The molecule has 0 N–H and O–H groups in total. The van der Waals surface area contributed by atoms with Crippen molar-refractivity contribution in [3.8, 4) is 0 Å². The Balaban J connectivity index is 1.35. The summed E-state index contributed by atoms with van der Waals surface area (Å²) >= 11 is 1.82. The Bertz CT molecular complexity index is 1020. The Morgan fingerprint density at radius 2 is 1.87 bits per heavy atom. The molecule has 0 spiro atoms. The molecule has 162 valence electrons. The van der Waals surface area contributed by atoms with Crippen molar-refractivity contribution in [1.29, 1.82) is 0 Å². The number of aliphatic imine (C=N–C) groups is 1. The topological polar surface area (TPSA) is 37.7 Å². The standard InChI is InChI=1S/C26H31N3OS/c1-19-9-10-20(2)24(17-19)28-26(30-3)29-15-13-22(14-16-29)25-27-23(18-31-25)12-11-21-7-5-4-6-8-21/h4-10,17-18,22H,11-16H2,1-3H3/b28-26-. The van der Waals surface area contributed by atoms with E-state index in [0.717, 1.165) is 50.5 Å². The number of ether oxygens (including phenoxy) is 1. The molecular formula is C26H31N3OS. The van der Waals surface area contributed by atoms with Crippen LogP contribution in [-0.4, -0.2) is 36.1 Å². The zero-order valence-corrected chi connectivity index (χ0v) is 19.5. The number of aromatic nitrogens is 1. The van der Waals surface area contributed by atoms with Crippen molar-refractivity contribution >= 4 is 23.0 Å². The van der Waals surface area contributed by atoms with Gasteiger partial charge >= 0.3 is 0 Å². The zero-order valence-electron chi connectivity index (χ0n) is 18.7. The summed E-state index contributed by atoms with van der Waals surface area (Å²) in [6.07, 6.45) is 4.23. The van der Waals surface area contributed by atoms with E-state index in [4.69, 9.17) is 14.7 Å². The summed E-state index contributed by atoms with van der Waals surface area (Å²) in [5, 5.41) is 3.53. The van der Waals surface area contributed by atoms with Crippen molar-refractivity contribution in [2.75, 3.05) is 20.2 Å². The van der Waals surface area contributed by atoms with Gasteiger partial charge in [-0.15, -0.1) is 11.3 Å². The molecule has 0 atom stereocenters.